The minimum atomic E-state index is -3.58. The number of amides is 1. The van der Waals surface area contributed by atoms with Gasteiger partial charge in [-0.2, -0.15) is 0 Å². The zero-order valence-electron chi connectivity index (χ0n) is 14.8. The standard InChI is InChI=1S/C16H24N2O6S/c1-12(19)11-18(10-9-15(20)24-4)16(21)13-5-7-14(8-6-13)25(22,23)17(2)3/h5-8,12,19H,9-11H2,1-4H3. The normalized spacial score (nSPS) is 12.7. The van der Waals surface area contributed by atoms with E-state index in [0.29, 0.717) is 0 Å². The van der Waals surface area contributed by atoms with Crippen LogP contribution in [0.3, 0.4) is 0 Å². The Morgan fingerprint density at radius 3 is 2.20 bits per heavy atom. The van der Waals surface area contributed by atoms with E-state index in [2.05, 4.69) is 4.74 Å². The van der Waals surface area contributed by atoms with Gasteiger partial charge in [0.1, 0.15) is 0 Å². The SMILES string of the molecule is COC(=O)CCN(CC(C)O)C(=O)c1ccc(S(=O)(=O)N(C)C)cc1. The van der Waals surface area contributed by atoms with E-state index in [0.717, 1.165) is 4.31 Å². The molecule has 0 aliphatic carbocycles. The Balaban J connectivity index is 2.98. The predicted molar refractivity (Wildman–Crippen MR) is 91.5 cm³/mol. The number of benzene rings is 1. The van der Waals surface area contributed by atoms with E-state index in [-0.39, 0.29) is 30.0 Å². The van der Waals surface area contributed by atoms with E-state index in [1.54, 1.807) is 0 Å². The summed E-state index contributed by atoms with van der Waals surface area (Å²) in [5.41, 5.74) is 0.267. The van der Waals surface area contributed by atoms with Gasteiger partial charge in [-0.1, -0.05) is 0 Å². The average molecular weight is 372 g/mol. The molecule has 9 heteroatoms. The largest absolute Gasteiger partial charge is 0.469 e. The highest BCUT2D eigenvalue weighted by molar-refractivity contribution is 7.89. The number of methoxy groups -OCH3 is 1. The van der Waals surface area contributed by atoms with Gasteiger partial charge in [0.2, 0.25) is 10.0 Å². The lowest BCUT2D eigenvalue weighted by molar-refractivity contribution is -0.140. The van der Waals surface area contributed by atoms with Crippen molar-refractivity contribution < 1.29 is 27.9 Å². The summed E-state index contributed by atoms with van der Waals surface area (Å²) in [6.45, 7) is 1.67. The molecule has 1 rings (SSSR count). The van der Waals surface area contributed by atoms with E-state index in [1.807, 2.05) is 0 Å². The van der Waals surface area contributed by atoms with E-state index in [4.69, 9.17) is 0 Å². The number of esters is 1. The van der Waals surface area contributed by atoms with Crippen LogP contribution in [0.2, 0.25) is 0 Å². The van der Waals surface area contributed by atoms with Gasteiger partial charge in [-0.05, 0) is 31.2 Å². The third kappa shape index (κ3) is 5.80. The van der Waals surface area contributed by atoms with E-state index >= 15 is 0 Å². The van der Waals surface area contributed by atoms with Crippen LogP contribution in [0.1, 0.15) is 23.7 Å². The van der Waals surface area contributed by atoms with Crippen LogP contribution in [0.15, 0.2) is 29.2 Å². The van der Waals surface area contributed by atoms with Crippen molar-refractivity contribution in [1.29, 1.82) is 0 Å². The first kappa shape index (κ1) is 21.1. The summed E-state index contributed by atoms with van der Waals surface area (Å²) in [5.74, 6) is -0.866. The van der Waals surface area contributed by atoms with E-state index < -0.39 is 28.0 Å². The van der Waals surface area contributed by atoms with Gasteiger partial charge in [0.15, 0.2) is 0 Å². The van der Waals surface area contributed by atoms with Crippen molar-refractivity contribution in [2.24, 2.45) is 0 Å². The minimum Gasteiger partial charge on any atom is -0.469 e. The van der Waals surface area contributed by atoms with Gasteiger partial charge in [-0.25, -0.2) is 12.7 Å². The number of hydrogen-bond acceptors (Lipinski definition) is 6. The average Bonchev–Trinajstić information content (AvgIpc) is 2.57. The Morgan fingerprint density at radius 1 is 1.20 bits per heavy atom. The van der Waals surface area contributed by atoms with Gasteiger partial charge < -0.3 is 14.7 Å². The van der Waals surface area contributed by atoms with Gasteiger partial charge in [0.25, 0.3) is 5.91 Å². The van der Waals surface area contributed by atoms with Crippen molar-refractivity contribution in [3.8, 4) is 0 Å². The maximum atomic E-state index is 12.6. The van der Waals surface area contributed by atoms with Gasteiger partial charge in [0, 0.05) is 32.7 Å². The summed E-state index contributed by atoms with van der Waals surface area (Å²) >= 11 is 0. The summed E-state index contributed by atoms with van der Waals surface area (Å²) in [4.78, 5) is 25.3. The molecule has 1 aromatic rings. The lowest BCUT2D eigenvalue weighted by Crippen LogP contribution is -2.38. The smallest absolute Gasteiger partial charge is 0.307 e. The minimum absolute atomic E-state index is 0.00204. The molecule has 0 saturated carbocycles. The Kier molecular flexibility index (Phi) is 7.53. The molecule has 1 N–H and O–H groups in total. The molecule has 0 aliphatic rings. The second-order valence-corrected chi connectivity index (χ2v) is 7.89. The van der Waals surface area contributed by atoms with Crippen LogP contribution < -0.4 is 0 Å². The second kappa shape index (κ2) is 8.93. The Labute approximate surface area is 148 Å². The third-order valence-electron chi connectivity index (χ3n) is 3.47. The van der Waals surface area contributed by atoms with E-state index in [1.165, 1.54) is 57.3 Å². The fourth-order valence-corrected chi connectivity index (χ4v) is 2.99. The zero-order valence-corrected chi connectivity index (χ0v) is 15.6. The zero-order chi connectivity index (χ0) is 19.2. The Hall–Kier alpha value is -1.97. The maximum absolute atomic E-state index is 12.6. The lowest BCUT2D eigenvalue weighted by Gasteiger charge is -2.24. The van der Waals surface area contributed by atoms with Crippen LogP contribution in [0, 0.1) is 0 Å². The quantitative estimate of drug-likeness (QED) is 0.659. The summed E-state index contributed by atoms with van der Waals surface area (Å²) in [6, 6.07) is 5.52. The molecule has 0 spiro atoms. The van der Waals surface area contributed by atoms with Crippen molar-refractivity contribution in [1.82, 2.24) is 9.21 Å². The number of hydrogen-bond donors (Lipinski definition) is 1. The summed E-state index contributed by atoms with van der Waals surface area (Å²) < 4.78 is 29.7. The van der Waals surface area contributed by atoms with Gasteiger partial charge >= 0.3 is 5.97 Å². The highest BCUT2D eigenvalue weighted by Gasteiger charge is 2.21. The van der Waals surface area contributed by atoms with Crippen molar-refractivity contribution in [3.63, 3.8) is 0 Å². The number of sulfonamides is 1. The van der Waals surface area contributed by atoms with Crippen LogP contribution >= 0.6 is 0 Å². The number of aliphatic hydroxyl groups excluding tert-OH is 1. The number of aliphatic hydroxyl groups is 1. The van der Waals surface area contributed by atoms with Crippen LogP contribution in [0.4, 0.5) is 0 Å². The molecule has 25 heavy (non-hydrogen) atoms. The van der Waals surface area contributed by atoms with Crippen molar-refractivity contribution >= 4 is 21.9 Å². The maximum Gasteiger partial charge on any atom is 0.307 e. The highest BCUT2D eigenvalue weighted by atomic mass is 32.2. The van der Waals surface area contributed by atoms with Crippen molar-refractivity contribution in [2.75, 3.05) is 34.3 Å². The second-order valence-electron chi connectivity index (χ2n) is 5.74. The fourth-order valence-electron chi connectivity index (χ4n) is 2.09. The Morgan fingerprint density at radius 2 is 1.76 bits per heavy atom. The van der Waals surface area contributed by atoms with Gasteiger partial charge in [0.05, 0.1) is 24.5 Å². The summed E-state index contributed by atoms with van der Waals surface area (Å²) in [5, 5.41) is 9.56. The van der Waals surface area contributed by atoms with Gasteiger partial charge in [-0.3, -0.25) is 9.59 Å². The van der Waals surface area contributed by atoms with Crippen LogP contribution in [0.25, 0.3) is 0 Å². The molecule has 0 radical (unpaired) electrons. The molecule has 1 aromatic carbocycles. The molecule has 1 amide bonds. The van der Waals surface area contributed by atoms with Gasteiger partial charge in [-0.15, -0.1) is 0 Å². The molecule has 0 bridgehead atoms. The number of carbonyl (C=O) groups excluding carboxylic acids is 2. The first-order chi connectivity index (χ1) is 11.6. The molecule has 8 nitrogen and oxygen atoms in total. The number of rotatable bonds is 8. The fraction of sp³-hybridized carbons (Fsp3) is 0.500. The van der Waals surface area contributed by atoms with E-state index in [9.17, 15) is 23.1 Å². The molecule has 140 valence electrons. The molecule has 1 unspecified atom stereocenters. The highest BCUT2D eigenvalue weighted by Crippen LogP contribution is 2.15. The molecule has 0 fully saturated rings. The van der Waals surface area contributed by atoms with Crippen LogP contribution in [0.5, 0.6) is 0 Å². The van der Waals surface area contributed by atoms with Crippen LogP contribution in [-0.4, -0.2) is 75.0 Å². The molecule has 0 aromatic heterocycles. The molecule has 0 heterocycles. The molecule has 1 atom stereocenters. The topological polar surface area (TPSA) is 104 Å². The first-order valence-corrected chi connectivity index (χ1v) is 9.10. The number of ether oxygens (including phenoxy) is 1. The predicted octanol–water partition coefficient (Wildman–Crippen LogP) is 0.323. The summed E-state index contributed by atoms with van der Waals surface area (Å²) in [6.07, 6.45) is -0.766. The number of nitrogens with zero attached hydrogens (tertiary/aromatic N) is 2. The third-order valence-corrected chi connectivity index (χ3v) is 5.29. The molecule has 0 saturated heterocycles. The monoisotopic (exact) mass is 372 g/mol. The van der Waals surface area contributed by atoms with Crippen molar-refractivity contribution in [3.05, 3.63) is 29.8 Å². The molecular weight excluding hydrogens is 348 g/mol. The van der Waals surface area contributed by atoms with Crippen molar-refractivity contribution in [2.45, 2.75) is 24.3 Å². The molecular formula is C16H24N2O6S. The van der Waals surface area contributed by atoms with Crippen LogP contribution in [-0.2, 0) is 19.6 Å². The summed E-state index contributed by atoms with van der Waals surface area (Å²) in [7, 11) is 0.525. The first-order valence-electron chi connectivity index (χ1n) is 7.66. The number of carbonyl (C=O) groups is 2. The lowest BCUT2D eigenvalue weighted by atomic mass is 10.2. The Bertz CT molecular complexity index is 698. The molecule has 0 aliphatic heterocycles.